The standard InChI is InChI=1S/C22H26O7/c1-25-15-5-7-19-17(13-15)21(9-3-11-23)28-20-8-6-16(26-2)14-18(20)22(27-19,29-21)10-4-12-24/h5-8,13-14,23-24H,3-4,9-12H2,1-2H3/t21-,22-/m1/s1. The van der Waals surface area contributed by atoms with Crippen LogP contribution < -0.4 is 18.9 Å². The maximum Gasteiger partial charge on any atom is 0.244 e. The van der Waals surface area contributed by atoms with Crippen molar-refractivity contribution in [1.82, 2.24) is 0 Å². The predicted molar refractivity (Wildman–Crippen MR) is 104 cm³/mol. The Hall–Kier alpha value is -2.48. The molecule has 0 spiro atoms. The average molecular weight is 402 g/mol. The van der Waals surface area contributed by atoms with E-state index < -0.39 is 11.6 Å². The molecule has 2 atom stereocenters. The minimum absolute atomic E-state index is 0.00768. The molecule has 7 heteroatoms. The number of benzene rings is 2. The molecule has 0 saturated heterocycles. The maximum absolute atomic E-state index is 9.49. The van der Waals surface area contributed by atoms with Crippen LogP contribution in [-0.2, 0) is 16.3 Å². The van der Waals surface area contributed by atoms with Crippen molar-refractivity contribution in [3.63, 3.8) is 0 Å². The molecule has 0 aromatic heterocycles. The number of ether oxygens (including phenoxy) is 5. The minimum Gasteiger partial charge on any atom is -0.497 e. The highest BCUT2D eigenvalue weighted by Crippen LogP contribution is 2.57. The number of hydrogen-bond donors (Lipinski definition) is 2. The molecule has 2 aliphatic rings. The van der Waals surface area contributed by atoms with Crippen LogP contribution in [0.25, 0.3) is 0 Å². The van der Waals surface area contributed by atoms with Crippen LogP contribution in [0.4, 0.5) is 0 Å². The van der Waals surface area contributed by atoms with Gasteiger partial charge in [0, 0.05) is 26.1 Å². The highest BCUT2D eigenvalue weighted by atomic mass is 16.8. The predicted octanol–water partition coefficient (Wildman–Crippen LogP) is 3.06. The topological polar surface area (TPSA) is 86.6 Å². The van der Waals surface area contributed by atoms with Crippen LogP contribution in [0, 0.1) is 0 Å². The van der Waals surface area contributed by atoms with Crippen LogP contribution in [-0.4, -0.2) is 37.6 Å². The van der Waals surface area contributed by atoms with Gasteiger partial charge >= 0.3 is 0 Å². The molecule has 156 valence electrons. The van der Waals surface area contributed by atoms with Gasteiger partial charge in [0.1, 0.15) is 23.0 Å². The first-order chi connectivity index (χ1) is 14.1. The fourth-order valence-electron chi connectivity index (χ4n) is 4.03. The van der Waals surface area contributed by atoms with Crippen molar-refractivity contribution in [3.05, 3.63) is 47.5 Å². The Bertz CT molecular complexity index is 812. The van der Waals surface area contributed by atoms with Gasteiger partial charge in [-0.1, -0.05) is 0 Å². The maximum atomic E-state index is 9.49. The number of aliphatic hydroxyl groups excluding tert-OH is 2. The first-order valence-corrected chi connectivity index (χ1v) is 9.77. The van der Waals surface area contributed by atoms with E-state index in [1.807, 2.05) is 36.4 Å². The Morgan fingerprint density at radius 2 is 1.21 bits per heavy atom. The van der Waals surface area contributed by atoms with E-state index in [0.29, 0.717) is 59.8 Å². The highest BCUT2D eigenvalue weighted by molar-refractivity contribution is 5.51. The summed E-state index contributed by atoms with van der Waals surface area (Å²) in [5, 5.41) is 19.0. The monoisotopic (exact) mass is 402 g/mol. The molecule has 29 heavy (non-hydrogen) atoms. The highest BCUT2D eigenvalue weighted by Gasteiger charge is 2.57. The lowest BCUT2D eigenvalue weighted by molar-refractivity contribution is -0.363. The molecular weight excluding hydrogens is 376 g/mol. The molecule has 2 bridgehead atoms. The van der Waals surface area contributed by atoms with E-state index in [2.05, 4.69) is 0 Å². The Morgan fingerprint density at radius 1 is 0.759 bits per heavy atom. The summed E-state index contributed by atoms with van der Waals surface area (Å²) in [6, 6.07) is 11.0. The molecule has 0 fully saturated rings. The normalized spacial score (nSPS) is 24.0. The van der Waals surface area contributed by atoms with Gasteiger partial charge in [0.2, 0.25) is 11.6 Å². The summed E-state index contributed by atoms with van der Waals surface area (Å²) in [7, 11) is 3.20. The van der Waals surface area contributed by atoms with Crippen molar-refractivity contribution in [2.45, 2.75) is 37.3 Å². The van der Waals surface area contributed by atoms with Gasteiger partial charge in [0.15, 0.2) is 0 Å². The van der Waals surface area contributed by atoms with E-state index in [1.165, 1.54) is 0 Å². The molecular formula is C22H26O7. The zero-order chi connectivity index (χ0) is 20.5. The van der Waals surface area contributed by atoms with Crippen molar-refractivity contribution < 1.29 is 33.9 Å². The van der Waals surface area contributed by atoms with Crippen LogP contribution in [0.15, 0.2) is 36.4 Å². The quantitative estimate of drug-likeness (QED) is 0.702. The largest absolute Gasteiger partial charge is 0.497 e. The zero-order valence-electron chi connectivity index (χ0n) is 16.6. The molecule has 2 heterocycles. The third-order valence-electron chi connectivity index (χ3n) is 5.40. The average Bonchev–Trinajstić information content (AvgIpc) is 2.76. The van der Waals surface area contributed by atoms with Crippen LogP contribution in [0.3, 0.4) is 0 Å². The molecule has 0 radical (unpaired) electrons. The summed E-state index contributed by atoms with van der Waals surface area (Å²) in [6.45, 7) is 0.0154. The number of fused-ring (bicyclic) bond motifs is 6. The third kappa shape index (κ3) is 3.29. The van der Waals surface area contributed by atoms with Gasteiger partial charge in [-0.3, -0.25) is 4.74 Å². The van der Waals surface area contributed by atoms with Crippen molar-refractivity contribution in [3.8, 4) is 23.0 Å². The number of rotatable bonds is 8. The second-order valence-corrected chi connectivity index (χ2v) is 7.19. The molecule has 2 aromatic carbocycles. The Morgan fingerprint density at radius 3 is 1.59 bits per heavy atom. The summed E-state index contributed by atoms with van der Waals surface area (Å²) < 4.78 is 30.2. The summed E-state index contributed by atoms with van der Waals surface area (Å²) in [5.74, 6) is 0.296. The molecule has 0 amide bonds. The Kier molecular flexibility index (Phi) is 5.29. The van der Waals surface area contributed by atoms with Crippen LogP contribution in [0.2, 0.25) is 0 Å². The van der Waals surface area contributed by atoms with Gasteiger partial charge in [0.25, 0.3) is 0 Å². The summed E-state index contributed by atoms with van der Waals surface area (Å²) in [6.07, 6.45) is 1.83. The van der Waals surface area contributed by atoms with E-state index in [9.17, 15) is 10.2 Å². The van der Waals surface area contributed by atoms with Crippen LogP contribution in [0.5, 0.6) is 23.0 Å². The van der Waals surface area contributed by atoms with Gasteiger partial charge in [0.05, 0.1) is 25.3 Å². The second kappa shape index (κ2) is 7.74. The summed E-state index contributed by atoms with van der Waals surface area (Å²) >= 11 is 0. The molecule has 4 rings (SSSR count). The number of aliphatic hydroxyl groups is 2. The lowest BCUT2D eigenvalue weighted by Crippen LogP contribution is -2.55. The minimum atomic E-state index is -1.14. The van der Waals surface area contributed by atoms with E-state index in [0.717, 1.165) is 0 Å². The van der Waals surface area contributed by atoms with E-state index in [-0.39, 0.29) is 13.2 Å². The van der Waals surface area contributed by atoms with Crippen molar-refractivity contribution in [2.24, 2.45) is 0 Å². The second-order valence-electron chi connectivity index (χ2n) is 7.19. The zero-order valence-corrected chi connectivity index (χ0v) is 16.6. The summed E-state index contributed by atoms with van der Waals surface area (Å²) in [4.78, 5) is 0. The van der Waals surface area contributed by atoms with Gasteiger partial charge in [-0.05, 0) is 49.2 Å². The lowest BCUT2D eigenvalue weighted by Gasteiger charge is -2.52. The van der Waals surface area contributed by atoms with Gasteiger partial charge in [-0.15, -0.1) is 0 Å². The lowest BCUT2D eigenvalue weighted by atomic mass is 9.89. The van der Waals surface area contributed by atoms with Crippen LogP contribution in [0.1, 0.15) is 36.8 Å². The van der Waals surface area contributed by atoms with Gasteiger partial charge in [-0.2, -0.15) is 0 Å². The number of hydrogen-bond acceptors (Lipinski definition) is 7. The van der Waals surface area contributed by atoms with Crippen molar-refractivity contribution >= 4 is 0 Å². The molecule has 0 aliphatic carbocycles. The van der Waals surface area contributed by atoms with E-state index >= 15 is 0 Å². The van der Waals surface area contributed by atoms with Gasteiger partial charge < -0.3 is 29.2 Å². The molecule has 2 N–H and O–H groups in total. The smallest absolute Gasteiger partial charge is 0.244 e. The fourth-order valence-corrected chi connectivity index (χ4v) is 4.03. The molecule has 0 saturated carbocycles. The molecule has 2 aliphatic heterocycles. The Labute approximate surface area is 169 Å². The first kappa shape index (κ1) is 19.8. The van der Waals surface area contributed by atoms with Gasteiger partial charge in [-0.25, -0.2) is 0 Å². The van der Waals surface area contributed by atoms with Crippen molar-refractivity contribution in [1.29, 1.82) is 0 Å². The number of methoxy groups -OCH3 is 2. The summed E-state index contributed by atoms with van der Waals surface area (Å²) in [5.41, 5.74) is 1.43. The van der Waals surface area contributed by atoms with Crippen LogP contribution >= 0.6 is 0 Å². The first-order valence-electron chi connectivity index (χ1n) is 9.77. The third-order valence-corrected chi connectivity index (χ3v) is 5.40. The van der Waals surface area contributed by atoms with E-state index in [4.69, 9.17) is 23.7 Å². The van der Waals surface area contributed by atoms with E-state index in [1.54, 1.807) is 14.2 Å². The van der Waals surface area contributed by atoms with Crippen molar-refractivity contribution in [2.75, 3.05) is 27.4 Å². The SMILES string of the molecule is COc1ccc2c(c1)[C@]1(CCCO)Oc3ccc(OC)cc3[C@](CCCO)(O2)O1. The molecule has 0 unspecified atom stereocenters. The molecule has 2 aromatic rings. The Balaban J connectivity index is 1.91. The fraction of sp³-hybridized carbons (Fsp3) is 0.455. The molecule has 7 nitrogen and oxygen atoms in total.